The Morgan fingerprint density at radius 3 is 2.68 bits per heavy atom. The van der Waals surface area contributed by atoms with Gasteiger partial charge in [0.15, 0.2) is 0 Å². The molecule has 1 unspecified atom stereocenters. The average molecular weight is 339 g/mol. The van der Waals surface area contributed by atoms with Gasteiger partial charge in [-0.2, -0.15) is 0 Å². The number of hydrogen-bond acceptors (Lipinski definition) is 4. The summed E-state index contributed by atoms with van der Waals surface area (Å²) in [5.74, 6) is 0.927. The van der Waals surface area contributed by atoms with Gasteiger partial charge in [0.05, 0.1) is 12.8 Å². The molecule has 1 fully saturated rings. The van der Waals surface area contributed by atoms with Gasteiger partial charge in [-0.15, -0.1) is 0 Å². The molecular formula is C21H29N3O. The number of aryl methyl sites for hydroxylation is 1. The van der Waals surface area contributed by atoms with Gasteiger partial charge in [0, 0.05) is 37.9 Å². The van der Waals surface area contributed by atoms with E-state index >= 15 is 0 Å². The van der Waals surface area contributed by atoms with E-state index in [1.807, 2.05) is 12.3 Å². The highest BCUT2D eigenvalue weighted by atomic mass is 16.5. The molecule has 0 saturated carbocycles. The second-order valence-corrected chi connectivity index (χ2v) is 6.98. The first kappa shape index (κ1) is 17.9. The summed E-state index contributed by atoms with van der Waals surface area (Å²) in [7, 11) is 1.72. The molecule has 134 valence electrons. The third-order valence-electron chi connectivity index (χ3n) is 5.13. The summed E-state index contributed by atoms with van der Waals surface area (Å²) in [6, 6.07) is 13.4. The molecule has 2 heterocycles. The highest BCUT2D eigenvalue weighted by Crippen LogP contribution is 2.24. The Hall–Kier alpha value is -1.91. The second kappa shape index (κ2) is 8.45. The zero-order valence-electron chi connectivity index (χ0n) is 15.5. The van der Waals surface area contributed by atoms with Gasteiger partial charge >= 0.3 is 0 Å². The molecule has 0 radical (unpaired) electrons. The standard InChI is InChI=1S/C21H29N3O/c1-16-14-20(25-3)7-8-21(16)17(2)23-18-9-12-24(13-10-18)15-19-6-4-5-11-22-19/h4-8,11,14,17-18,23H,9-10,12-13,15H2,1-3H3. The van der Waals surface area contributed by atoms with Crippen LogP contribution in [0.15, 0.2) is 42.6 Å². The van der Waals surface area contributed by atoms with Crippen LogP contribution in [0.2, 0.25) is 0 Å². The second-order valence-electron chi connectivity index (χ2n) is 6.98. The summed E-state index contributed by atoms with van der Waals surface area (Å²) in [4.78, 5) is 6.94. The van der Waals surface area contributed by atoms with Crippen LogP contribution in [0.5, 0.6) is 5.75 Å². The third-order valence-corrected chi connectivity index (χ3v) is 5.13. The molecule has 1 N–H and O–H groups in total. The fourth-order valence-electron chi connectivity index (χ4n) is 3.68. The quantitative estimate of drug-likeness (QED) is 0.870. The summed E-state index contributed by atoms with van der Waals surface area (Å²) >= 11 is 0. The normalized spacial score (nSPS) is 17.4. The molecule has 1 atom stereocenters. The zero-order valence-corrected chi connectivity index (χ0v) is 15.5. The Kier molecular flexibility index (Phi) is 6.05. The van der Waals surface area contributed by atoms with Crippen molar-refractivity contribution in [2.24, 2.45) is 0 Å². The predicted molar refractivity (Wildman–Crippen MR) is 102 cm³/mol. The van der Waals surface area contributed by atoms with E-state index in [-0.39, 0.29) is 0 Å². The molecule has 1 aliphatic rings. The smallest absolute Gasteiger partial charge is 0.119 e. The minimum atomic E-state index is 0.359. The number of pyridine rings is 1. The van der Waals surface area contributed by atoms with Gasteiger partial charge in [0.2, 0.25) is 0 Å². The number of aromatic nitrogens is 1. The third kappa shape index (κ3) is 4.80. The van der Waals surface area contributed by atoms with Gasteiger partial charge in [-0.3, -0.25) is 9.88 Å². The average Bonchev–Trinajstić information content (AvgIpc) is 2.64. The number of nitrogens with one attached hydrogen (secondary N) is 1. The van der Waals surface area contributed by atoms with Crippen LogP contribution in [0.3, 0.4) is 0 Å². The molecular weight excluding hydrogens is 310 g/mol. The lowest BCUT2D eigenvalue weighted by atomic mass is 9.98. The van der Waals surface area contributed by atoms with Crippen molar-refractivity contribution in [1.82, 2.24) is 15.2 Å². The van der Waals surface area contributed by atoms with Crippen LogP contribution in [-0.2, 0) is 6.54 Å². The van der Waals surface area contributed by atoms with Crippen LogP contribution in [-0.4, -0.2) is 36.1 Å². The van der Waals surface area contributed by atoms with E-state index in [0.29, 0.717) is 12.1 Å². The lowest BCUT2D eigenvalue weighted by Crippen LogP contribution is -2.43. The van der Waals surface area contributed by atoms with Crippen molar-refractivity contribution in [3.05, 3.63) is 59.4 Å². The summed E-state index contributed by atoms with van der Waals surface area (Å²) in [5.41, 5.74) is 3.81. The summed E-state index contributed by atoms with van der Waals surface area (Å²) in [5, 5.41) is 3.81. The van der Waals surface area contributed by atoms with Gasteiger partial charge in [-0.25, -0.2) is 0 Å². The summed E-state index contributed by atoms with van der Waals surface area (Å²) in [6.45, 7) is 7.63. The van der Waals surface area contributed by atoms with Crippen molar-refractivity contribution < 1.29 is 4.74 Å². The molecule has 0 aliphatic carbocycles. The Morgan fingerprint density at radius 2 is 2.04 bits per heavy atom. The highest BCUT2D eigenvalue weighted by molar-refractivity contribution is 5.36. The monoisotopic (exact) mass is 339 g/mol. The van der Waals surface area contributed by atoms with Crippen molar-refractivity contribution in [3.8, 4) is 5.75 Å². The first-order valence-corrected chi connectivity index (χ1v) is 9.18. The predicted octanol–water partition coefficient (Wildman–Crippen LogP) is 3.71. The number of hydrogen-bond donors (Lipinski definition) is 1. The molecule has 25 heavy (non-hydrogen) atoms. The molecule has 1 saturated heterocycles. The van der Waals surface area contributed by atoms with Crippen LogP contribution in [0.4, 0.5) is 0 Å². The maximum atomic E-state index is 5.31. The number of nitrogens with zero attached hydrogens (tertiary/aromatic N) is 2. The van der Waals surface area contributed by atoms with Crippen molar-refractivity contribution in [2.75, 3.05) is 20.2 Å². The summed E-state index contributed by atoms with van der Waals surface area (Å²) in [6.07, 6.45) is 4.25. The number of benzene rings is 1. The van der Waals surface area contributed by atoms with Gasteiger partial charge in [0.1, 0.15) is 5.75 Å². The first-order valence-electron chi connectivity index (χ1n) is 9.18. The Morgan fingerprint density at radius 1 is 1.24 bits per heavy atom. The lowest BCUT2D eigenvalue weighted by Gasteiger charge is -2.34. The van der Waals surface area contributed by atoms with Crippen LogP contribution in [0.25, 0.3) is 0 Å². The maximum Gasteiger partial charge on any atom is 0.119 e. The molecule has 4 nitrogen and oxygen atoms in total. The topological polar surface area (TPSA) is 37.4 Å². The Labute approximate surface area is 151 Å². The van der Waals surface area contributed by atoms with Crippen LogP contribution in [0, 0.1) is 6.92 Å². The maximum absolute atomic E-state index is 5.31. The summed E-state index contributed by atoms with van der Waals surface area (Å²) < 4.78 is 5.31. The number of likely N-dealkylation sites (tertiary alicyclic amines) is 1. The minimum Gasteiger partial charge on any atom is -0.497 e. The van der Waals surface area contributed by atoms with E-state index in [1.165, 1.54) is 24.0 Å². The van der Waals surface area contributed by atoms with E-state index in [9.17, 15) is 0 Å². The van der Waals surface area contributed by atoms with Crippen LogP contribution < -0.4 is 10.1 Å². The van der Waals surface area contributed by atoms with E-state index in [4.69, 9.17) is 4.74 Å². The highest BCUT2D eigenvalue weighted by Gasteiger charge is 2.21. The number of methoxy groups -OCH3 is 1. The van der Waals surface area contributed by atoms with Crippen molar-refractivity contribution in [3.63, 3.8) is 0 Å². The molecule has 0 amide bonds. The fourth-order valence-corrected chi connectivity index (χ4v) is 3.68. The van der Waals surface area contributed by atoms with E-state index < -0.39 is 0 Å². The zero-order chi connectivity index (χ0) is 17.6. The molecule has 2 aromatic rings. The van der Waals surface area contributed by atoms with Crippen molar-refractivity contribution in [1.29, 1.82) is 0 Å². The number of piperidine rings is 1. The lowest BCUT2D eigenvalue weighted by molar-refractivity contribution is 0.183. The van der Waals surface area contributed by atoms with Gasteiger partial charge in [0.25, 0.3) is 0 Å². The van der Waals surface area contributed by atoms with Crippen LogP contribution in [0.1, 0.15) is 42.6 Å². The molecule has 0 spiro atoms. The minimum absolute atomic E-state index is 0.359. The van der Waals surface area contributed by atoms with Crippen molar-refractivity contribution >= 4 is 0 Å². The Bertz CT molecular complexity index is 666. The van der Waals surface area contributed by atoms with Gasteiger partial charge in [-0.05, 0) is 62.1 Å². The first-order chi connectivity index (χ1) is 12.2. The van der Waals surface area contributed by atoms with E-state index in [1.54, 1.807) is 7.11 Å². The van der Waals surface area contributed by atoms with E-state index in [2.05, 4.69) is 59.4 Å². The largest absolute Gasteiger partial charge is 0.497 e. The molecule has 3 rings (SSSR count). The number of rotatable bonds is 6. The molecule has 1 aromatic carbocycles. The fraction of sp³-hybridized carbons (Fsp3) is 0.476. The number of ether oxygens (including phenoxy) is 1. The molecule has 4 heteroatoms. The molecule has 1 aliphatic heterocycles. The van der Waals surface area contributed by atoms with Crippen LogP contribution >= 0.6 is 0 Å². The van der Waals surface area contributed by atoms with Crippen molar-refractivity contribution in [2.45, 2.75) is 45.3 Å². The van der Waals surface area contributed by atoms with Gasteiger partial charge < -0.3 is 10.1 Å². The molecule has 0 bridgehead atoms. The van der Waals surface area contributed by atoms with E-state index in [0.717, 1.165) is 31.1 Å². The molecule has 1 aromatic heterocycles. The van der Waals surface area contributed by atoms with Gasteiger partial charge in [-0.1, -0.05) is 12.1 Å². The Balaban J connectivity index is 1.50. The SMILES string of the molecule is COc1ccc(C(C)NC2CCN(Cc3ccccn3)CC2)c(C)c1.